The van der Waals surface area contributed by atoms with E-state index in [0.29, 0.717) is 0 Å². The summed E-state index contributed by atoms with van der Waals surface area (Å²) in [6.07, 6.45) is 0.0561. The second-order valence-electron chi connectivity index (χ2n) is 5.25. The van der Waals surface area contributed by atoms with E-state index in [2.05, 4.69) is 54.6 Å². The zero-order chi connectivity index (χ0) is 16.1. The van der Waals surface area contributed by atoms with Crippen molar-refractivity contribution in [3.05, 3.63) is 90.5 Å². The van der Waals surface area contributed by atoms with E-state index in [1.165, 1.54) is 14.7 Å². The van der Waals surface area contributed by atoms with Crippen LogP contribution >= 0.6 is 10.9 Å². The predicted molar refractivity (Wildman–Crippen MR) is 94.4 cm³/mol. The van der Waals surface area contributed by atoms with Crippen molar-refractivity contribution in [3.63, 3.8) is 0 Å². The Balaban J connectivity index is 2.07. The molecule has 3 rings (SSSR count). The van der Waals surface area contributed by atoms with Gasteiger partial charge in [0.1, 0.15) is 0 Å². The van der Waals surface area contributed by atoms with Crippen molar-refractivity contribution in [2.75, 3.05) is 0 Å². The fraction of sp³-hybridized carbons (Fsp3) is 0.0500. The molecule has 23 heavy (non-hydrogen) atoms. The lowest BCUT2D eigenvalue weighted by atomic mass is 10.2. The van der Waals surface area contributed by atoms with Crippen LogP contribution in [-0.4, -0.2) is 11.1 Å². The number of hydrogen-bond donors (Lipinski definition) is 2. The molecule has 3 aromatic rings. The number of thiol groups is 1. The minimum Gasteiger partial charge on any atom is -0.481 e. The van der Waals surface area contributed by atoms with Gasteiger partial charge in [-0.3, -0.25) is 4.79 Å². The molecule has 0 amide bonds. The molecule has 0 aromatic heterocycles. The summed E-state index contributed by atoms with van der Waals surface area (Å²) < 4.78 is 0. The summed E-state index contributed by atoms with van der Waals surface area (Å²) in [5, 5.41) is 9.04. The molecule has 0 saturated heterocycles. The smallest absolute Gasteiger partial charge is 0.307 e. The first-order valence-corrected chi connectivity index (χ1v) is 8.79. The fourth-order valence-electron chi connectivity index (χ4n) is 2.58. The quantitative estimate of drug-likeness (QED) is 0.663. The minimum atomic E-state index is -0.800. The first kappa shape index (κ1) is 15.4. The molecular formula is C20H18O2S. The van der Waals surface area contributed by atoms with Gasteiger partial charge in [-0.2, -0.15) is 10.9 Å². The summed E-state index contributed by atoms with van der Waals surface area (Å²) in [5.74, 6) is -0.800. The van der Waals surface area contributed by atoms with Crippen LogP contribution < -0.4 is 0 Å². The number of hydrogen-bond acceptors (Lipinski definition) is 1. The normalized spacial score (nSPS) is 11.0. The second-order valence-corrected chi connectivity index (χ2v) is 7.47. The molecule has 0 heterocycles. The van der Waals surface area contributed by atoms with Crippen molar-refractivity contribution < 1.29 is 9.90 Å². The highest BCUT2D eigenvalue weighted by Gasteiger charge is 2.13. The first-order chi connectivity index (χ1) is 11.2. The van der Waals surface area contributed by atoms with Gasteiger partial charge in [0.2, 0.25) is 0 Å². The SMILES string of the molecule is O=C(O)Cc1cccc([SH](c2ccccc2)c2ccccc2)c1. The summed E-state index contributed by atoms with van der Waals surface area (Å²) in [7, 11) is -0.680. The summed E-state index contributed by atoms with van der Waals surface area (Å²) in [6.45, 7) is 0. The summed E-state index contributed by atoms with van der Waals surface area (Å²) in [5.41, 5.74) is 0.842. The van der Waals surface area contributed by atoms with E-state index in [-0.39, 0.29) is 6.42 Å². The summed E-state index contributed by atoms with van der Waals surface area (Å²) in [6, 6.07) is 28.8. The monoisotopic (exact) mass is 322 g/mol. The van der Waals surface area contributed by atoms with Crippen LogP contribution in [0.1, 0.15) is 5.56 Å². The largest absolute Gasteiger partial charge is 0.481 e. The van der Waals surface area contributed by atoms with Crippen molar-refractivity contribution in [2.24, 2.45) is 0 Å². The predicted octanol–water partition coefficient (Wildman–Crippen LogP) is 4.79. The van der Waals surface area contributed by atoms with Crippen LogP contribution in [0.3, 0.4) is 0 Å². The molecule has 0 spiro atoms. The molecule has 3 aromatic carbocycles. The van der Waals surface area contributed by atoms with E-state index in [4.69, 9.17) is 5.11 Å². The van der Waals surface area contributed by atoms with Crippen LogP contribution in [0, 0.1) is 0 Å². The van der Waals surface area contributed by atoms with Crippen molar-refractivity contribution in [1.82, 2.24) is 0 Å². The Hall–Kier alpha value is -2.52. The number of carboxylic acid groups (broad SMARTS) is 1. The molecule has 2 nitrogen and oxygen atoms in total. The van der Waals surface area contributed by atoms with Gasteiger partial charge < -0.3 is 5.11 Å². The minimum absolute atomic E-state index is 0.0561. The van der Waals surface area contributed by atoms with Crippen LogP contribution in [0.25, 0.3) is 0 Å². The number of rotatable bonds is 5. The van der Waals surface area contributed by atoms with Gasteiger partial charge in [0.05, 0.1) is 6.42 Å². The molecule has 0 bridgehead atoms. The highest BCUT2D eigenvalue weighted by atomic mass is 32.2. The molecule has 0 atom stereocenters. The van der Waals surface area contributed by atoms with Crippen LogP contribution in [0.5, 0.6) is 0 Å². The van der Waals surface area contributed by atoms with Gasteiger partial charge in [-0.25, -0.2) is 0 Å². The van der Waals surface area contributed by atoms with Crippen LogP contribution in [0.2, 0.25) is 0 Å². The van der Waals surface area contributed by atoms with Gasteiger partial charge in [-0.1, -0.05) is 48.5 Å². The van der Waals surface area contributed by atoms with E-state index in [1.807, 2.05) is 30.3 Å². The Labute approximate surface area is 138 Å². The Morgan fingerprint density at radius 3 is 1.78 bits per heavy atom. The van der Waals surface area contributed by atoms with Gasteiger partial charge >= 0.3 is 5.97 Å². The maximum absolute atomic E-state index is 11.0. The third-order valence-electron chi connectivity index (χ3n) is 3.55. The van der Waals surface area contributed by atoms with Gasteiger partial charge in [0.25, 0.3) is 0 Å². The summed E-state index contributed by atoms with van der Waals surface area (Å²) >= 11 is 0. The Kier molecular flexibility index (Phi) is 4.79. The van der Waals surface area contributed by atoms with Gasteiger partial charge in [-0.15, -0.1) is 0 Å². The molecule has 0 radical (unpaired) electrons. The average Bonchev–Trinajstić information content (AvgIpc) is 2.57. The maximum Gasteiger partial charge on any atom is 0.307 e. The maximum atomic E-state index is 11.0. The van der Waals surface area contributed by atoms with Gasteiger partial charge in [-0.05, 0) is 56.6 Å². The fourth-order valence-corrected chi connectivity index (χ4v) is 4.95. The highest BCUT2D eigenvalue weighted by Crippen LogP contribution is 2.51. The van der Waals surface area contributed by atoms with E-state index < -0.39 is 16.9 Å². The standard InChI is InChI=1S/C20H18O2S/c21-20(22)15-16-8-7-13-19(14-16)23(17-9-3-1-4-10-17)18-11-5-2-6-12-18/h1-14,23H,15H2,(H,21,22). The van der Waals surface area contributed by atoms with Crippen LogP contribution in [0.15, 0.2) is 99.6 Å². The second kappa shape index (κ2) is 7.16. The molecule has 0 aliphatic carbocycles. The van der Waals surface area contributed by atoms with E-state index in [1.54, 1.807) is 0 Å². The number of carbonyl (C=O) groups is 1. The molecule has 0 fully saturated rings. The third-order valence-corrected chi connectivity index (χ3v) is 5.98. The first-order valence-electron chi connectivity index (χ1n) is 7.45. The third kappa shape index (κ3) is 3.82. The number of benzene rings is 3. The van der Waals surface area contributed by atoms with Crippen molar-refractivity contribution in [2.45, 2.75) is 21.1 Å². The van der Waals surface area contributed by atoms with Gasteiger partial charge in [0, 0.05) is 0 Å². The number of carboxylic acids is 1. The molecule has 0 unspecified atom stereocenters. The molecule has 0 aliphatic rings. The lowest BCUT2D eigenvalue weighted by Gasteiger charge is -2.23. The lowest BCUT2D eigenvalue weighted by molar-refractivity contribution is -0.136. The van der Waals surface area contributed by atoms with Crippen molar-refractivity contribution in [1.29, 1.82) is 0 Å². The van der Waals surface area contributed by atoms with Crippen molar-refractivity contribution in [3.8, 4) is 0 Å². The topological polar surface area (TPSA) is 37.3 Å². The Morgan fingerprint density at radius 1 is 0.739 bits per heavy atom. The van der Waals surface area contributed by atoms with Gasteiger partial charge in [0.15, 0.2) is 0 Å². The van der Waals surface area contributed by atoms with Crippen LogP contribution in [0.4, 0.5) is 0 Å². The average molecular weight is 322 g/mol. The Bertz CT molecular complexity index is 746. The van der Waals surface area contributed by atoms with E-state index >= 15 is 0 Å². The number of aliphatic carboxylic acids is 1. The van der Waals surface area contributed by atoms with Crippen molar-refractivity contribution >= 4 is 16.9 Å². The molecule has 0 aliphatic heterocycles. The highest BCUT2D eigenvalue weighted by molar-refractivity contribution is 8.17. The zero-order valence-electron chi connectivity index (χ0n) is 12.6. The summed E-state index contributed by atoms with van der Waals surface area (Å²) in [4.78, 5) is 14.7. The van der Waals surface area contributed by atoms with Crippen LogP contribution in [-0.2, 0) is 11.2 Å². The molecule has 116 valence electrons. The lowest BCUT2D eigenvalue weighted by Crippen LogP contribution is -2.00. The molecule has 3 heteroatoms. The molecular weight excluding hydrogens is 304 g/mol. The van der Waals surface area contributed by atoms with E-state index in [0.717, 1.165) is 5.56 Å². The molecule has 0 saturated carbocycles. The molecule has 1 N–H and O–H groups in total. The van der Waals surface area contributed by atoms with E-state index in [9.17, 15) is 4.79 Å². The Morgan fingerprint density at radius 2 is 1.26 bits per heavy atom. The zero-order valence-corrected chi connectivity index (χ0v) is 13.5.